The van der Waals surface area contributed by atoms with Gasteiger partial charge in [0.2, 0.25) is 0 Å². The number of thioether (sulfide) groups is 1. The molecule has 33 heavy (non-hydrogen) atoms. The summed E-state index contributed by atoms with van der Waals surface area (Å²) in [4.78, 5) is 15.6. The zero-order valence-electron chi connectivity index (χ0n) is 18.6. The Morgan fingerprint density at radius 2 is 1.91 bits per heavy atom. The minimum Gasteiger partial charge on any atom is -0.497 e. The Morgan fingerprint density at radius 1 is 1.09 bits per heavy atom. The van der Waals surface area contributed by atoms with Gasteiger partial charge in [-0.3, -0.25) is 0 Å². The zero-order valence-corrected chi connectivity index (χ0v) is 19.4. The average molecular weight is 465 g/mol. The number of methoxy groups -OCH3 is 1. The summed E-state index contributed by atoms with van der Waals surface area (Å²) < 4.78 is 11.1. The summed E-state index contributed by atoms with van der Waals surface area (Å²) in [6, 6.07) is 19.5. The molecule has 0 radical (unpaired) electrons. The third-order valence-corrected chi connectivity index (χ3v) is 5.86. The molecule has 1 aromatic heterocycles. The molecule has 6 nitrogen and oxygen atoms in total. The number of hydrogen-bond acceptors (Lipinski definition) is 6. The van der Waals surface area contributed by atoms with E-state index in [4.69, 9.17) is 20.3 Å². The van der Waals surface area contributed by atoms with Crippen molar-refractivity contribution < 1.29 is 19.4 Å². The van der Waals surface area contributed by atoms with Gasteiger partial charge in [-0.15, -0.1) is 11.8 Å². The van der Waals surface area contributed by atoms with Gasteiger partial charge in [-0.05, 0) is 72.9 Å². The van der Waals surface area contributed by atoms with Crippen LogP contribution in [-0.2, 0) is 17.0 Å². The van der Waals surface area contributed by atoms with Crippen LogP contribution in [0.15, 0.2) is 71.8 Å². The maximum absolute atomic E-state index is 11.0. The first-order chi connectivity index (χ1) is 16.0. The van der Waals surface area contributed by atoms with E-state index in [0.717, 1.165) is 47.4 Å². The third kappa shape index (κ3) is 8.20. The Balaban J connectivity index is 1.55. The zero-order chi connectivity index (χ0) is 23.5. The fourth-order valence-electron chi connectivity index (χ4n) is 3.16. The van der Waals surface area contributed by atoms with Crippen LogP contribution in [0.1, 0.15) is 29.7 Å². The smallest absolute Gasteiger partial charge is 0.328 e. The van der Waals surface area contributed by atoms with Gasteiger partial charge in [0.05, 0.1) is 18.7 Å². The lowest BCUT2D eigenvalue weighted by atomic mass is 10.1. The quantitative estimate of drug-likeness (QED) is 0.159. The first-order valence-electron chi connectivity index (χ1n) is 10.7. The molecule has 7 heteroatoms. The van der Waals surface area contributed by atoms with E-state index in [1.165, 1.54) is 11.6 Å². The molecule has 0 spiro atoms. The number of ether oxygens (including phenoxy) is 2. The number of nitrogens with two attached hydrogens (primary N) is 1. The van der Waals surface area contributed by atoms with Gasteiger partial charge in [-0.25, -0.2) is 9.78 Å². The van der Waals surface area contributed by atoms with Crippen LogP contribution in [0, 0.1) is 0 Å². The van der Waals surface area contributed by atoms with Crippen molar-refractivity contribution in [2.24, 2.45) is 0 Å². The molecule has 0 fully saturated rings. The number of carboxylic acids is 1. The summed E-state index contributed by atoms with van der Waals surface area (Å²) in [6.45, 7) is 0.529. The highest BCUT2D eigenvalue weighted by Gasteiger charge is 2.07. The number of rotatable bonds is 12. The highest BCUT2D eigenvalue weighted by Crippen LogP contribution is 2.27. The molecule has 0 amide bonds. The Labute approximate surface area is 198 Å². The van der Waals surface area contributed by atoms with Gasteiger partial charge in [0.25, 0.3) is 0 Å². The summed E-state index contributed by atoms with van der Waals surface area (Å²) in [5.41, 5.74) is 9.42. The van der Waals surface area contributed by atoms with Crippen LogP contribution in [-0.4, -0.2) is 29.8 Å². The van der Waals surface area contributed by atoms with E-state index < -0.39 is 5.97 Å². The standard InChI is InChI=1S/C26H28N2O4S/c1-31-22-10-8-19(9-11-22)5-2-3-16-32-24-13-14-25(28-23(24)12-15-26(29)30)33-18-20-6-4-7-21(27)17-20/h4,6-15,17H,2-3,5,16,18,27H2,1H3,(H,29,30). The number of hydrogen-bond donors (Lipinski definition) is 2. The second-order valence-electron chi connectivity index (χ2n) is 7.39. The monoisotopic (exact) mass is 464 g/mol. The molecule has 0 atom stereocenters. The lowest BCUT2D eigenvalue weighted by Gasteiger charge is -2.11. The highest BCUT2D eigenvalue weighted by molar-refractivity contribution is 7.98. The van der Waals surface area contributed by atoms with Crippen molar-refractivity contribution in [3.05, 3.63) is 83.6 Å². The van der Waals surface area contributed by atoms with Crippen LogP contribution < -0.4 is 15.2 Å². The van der Waals surface area contributed by atoms with Crippen LogP contribution in [0.4, 0.5) is 5.69 Å². The third-order valence-electron chi connectivity index (χ3n) is 4.86. The van der Waals surface area contributed by atoms with Gasteiger partial charge in [-0.2, -0.15) is 0 Å². The minimum atomic E-state index is -1.03. The normalized spacial score (nSPS) is 10.9. The van der Waals surface area contributed by atoms with Crippen LogP contribution in [0.3, 0.4) is 0 Å². The Morgan fingerprint density at radius 3 is 2.64 bits per heavy atom. The Kier molecular flexibility index (Phi) is 9.20. The predicted molar refractivity (Wildman–Crippen MR) is 133 cm³/mol. The number of carboxylic acid groups (broad SMARTS) is 1. The summed E-state index contributed by atoms with van der Waals surface area (Å²) in [6.07, 6.45) is 5.36. The fourth-order valence-corrected chi connectivity index (χ4v) is 3.98. The number of unbranched alkanes of at least 4 members (excludes halogenated alkanes) is 1. The first kappa shape index (κ1) is 24.2. The Hall–Kier alpha value is -3.45. The average Bonchev–Trinajstić information content (AvgIpc) is 2.82. The molecule has 3 rings (SSSR count). The van der Waals surface area contributed by atoms with Crippen molar-refractivity contribution >= 4 is 29.5 Å². The van der Waals surface area contributed by atoms with E-state index in [1.54, 1.807) is 18.9 Å². The van der Waals surface area contributed by atoms with Gasteiger partial charge in [0.1, 0.15) is 17.2 Å². The van der Waals surface area contributed by atoms with Crippen molar-refractivity contribution in [1.29, 1.82) is 0 Å². The molecule has 1 heterocycles. The number of aliphatic carboxylic acids is 1. The molecule has 2 aromatic carbocycles. The van der Waals surface area contributed by atoms with Gasteiger partial charge in [0.15, 0.2) is 0 Å². The molecule has 0 aliphatic heterocycles. The molecule has 0 aliphatic rings. The molecular formula is C26H28N2O4S. The number of anilines is 1. The van der Waals surface area contributed by atoms with Crippen LogP contribution in [0.5, 0.6) is 11.5 Å². The fraction of sp³-hybridized carbons (Fsp3) is 0.231. The number of nitrogens with zero attached hydrogens (tertiary/aromatic N) is 1. The number of aryl methyl sites for hydroxylation is 1. The van der Waals surface area contributed by atoms with Crippen molar-refractivity contribution in [3.8, 4) is 11.5 Å². The largest absolute Gasteiger partial charge is 0.497 e. The molecule has 0 bridgehead atoms. The molecular weight excluding hydrogens is 436 g/mol. The van der Waals surface area contributed by atoms with E-state index in [0.29, 0.717) is 23.8 Å². The first-order valence-corrected chi connectivity index (χ1v) is 11.7. The second kappa shape index (κ2) is 12.6. The van der Waals surface area contributed by atoms with Gasteiger partial charge < -0.3 is 20.3 Å². The van der Waals surface area contributed by atoms with Crippen molar-refractivity contribution in [2.75, 3.05) is 19.5 Å². The number of carbonyl (C=O) groups is 1. The maximum atomic E-state index is 11.0. The molecule has 0 saturated heterocycles. The summed E-state index contributed by atoms with van der Waals surface area (Å²) in [5.74, 6) is 1.11. The van der Waals surface area contributed by atoms with Crippen LogP contribution >= 0.6 is 11.8 Å². The van der Waals surface area contributed by atoms with Gasteiger partial charge >= 0.3 is 5.97 Å². The molecule has 172 valence electrons. The lowest BCUT2D eigenvalue weighted by molar-refractivity contribution is -0.131. The maximum Gasteiger partial charge on any atom is 0.328 e. The van der Waals surface area contributed by atoms with Gasteiger partial charge in [-0.1, -0.05) is 24.3 Å². The number of nitrogen functional groups attached to an aromatic ring is 1. The van der Waals surface area contributed by atoms with Crippen molar-refractivity contribution in [3.63, 3.8) is 0 Å². The molecule has 0 saturated carbocycles. The Bertz CT molecular complexity index is 1080. The number of benzene rings is 2. The van der Waals surface area contributed by atoms with Crippen LogP contribution in [0.25, 0.3) is 6.08 Å². The molecule has 0 unspecified atom stereocenters. The van der Waals surface area contributed by atoms with Crippen LogP contribution in [0.2, 0.25) is 0 Å². The molecule has 3 N–H and O–H groups in total. The van der Waals surface area contributed by atoms with E-state index in [1.807, 2.05) is 48.5 Å². The summed E-state index contributed by atoms with van der Waals surface area (Å²) in [7, 11) is 1.66. The highest BCUT2D eigenvalue weighted by atomic mass is 32.2. The topological polar surface area (TPSA) is 94.7 Å². The minimum absolute atomic E-state index is 0.505. The molecule has 3 aromatic rings. The van der Waals surface area contributed by atoms with E-state index in [-0.39, 0.29) is 0 Å². The van der Waals surface area contributed by atoms with E-state index >= 15 is 0 Å². The summed E-state index contributed by atoms with van der Waals surface area (Å²) in [5, 5.41) is 9.81. The van der Waals surface area contributed by atoms with E-state index in [2.05, 4.69) is 17.1 Å². The lowest BCUT2D eigenvalue weighted by Crippen LogP contribution is -2.02. The number of pyridine rings is 1. The van der Waals surface area contributed by atoms with Gasteiger partial charge in [0, 0.05) is 17.5 Å². The van der Waals surface area contributed by atoms with Crippen molar-refractivity contribution in [1.82, 2.24) is 4.98 Å². The molecule has 0 aliphatic carbocycles. The predicted octanol–water partition coefficient (Wildman–Crippen LogP) is 5.46. The van der Waals surface area contributed by atoms with Crippen molar-refractivity contribution in [2.45, 2.75) is 30.0 Å². The SMILES string of the molecule is COc1ccc(CCCCOc2ccc(SCc3cccc(N)c3)nc2C=CC(=O)O)cc1. The summed E-state index contributed by atoms with van der Waals surface area (Å²) >= 11 is 1.56. The van der Waals surface area contributed by atoms with E-state index in [9.17, 15) is 4.79 Å². The second-order valence-corrected chi connectivity index (χ2v) is 8.39. The number of aromatic nitrogens is 1.